The number of thiophene rings is 1. The SMILES string of the molecule is Cc1ccsc1C(=O)c1ccoc1. The summed E-state index contributed by atoms with van der Waals surface area (Å²) in [5.41, 5.74) is 1.64. The molecule has 66 valence electrons. The summed E-state index contributed by atoms with van der Waals surface area (Å²) in [6, 6.07) is 3.62. The first-order valence-electron chi connectivity index (χ1n) is 3.90. The van der Waals surface area contributed by atoms with E-state index in [1.54, 1.807) is 6.07 Å². The minimum absolute atomic E-state index is 0.0428. The van der Waals surface area contributed by atoms with Crippen LogP contribution in [0.1, 0.15) is 20.8 Å². The molecule has 0 amide bonds. The van der Waals surface area contributed by atoms with Gasteiger partial charge in [0.2, 0.25) is 5.78 Å². The van der Waals surface area contributed by atoms with Crippen molar-refractivity contribution in [1.29, 1.82) is 0 Å². The molecule has 0 aromatic carbocycles. The molecule has 0 aliphatic carbocycles. The molecule has 2 nitrogen and oxygen atoms in total. The number of aryl methyl sites for hydroxylation is 1. The van der Waals surface area contributed by atoms with Crippen LogP contribution in [0.3, 0.4) is 0 Å². The highest BCUT2D eigenvalue weighted by Gasteiger charge is 2.13. The van der Waals surface area contributed by atoms with Crippen molar-refractivity contribution < 1.29 is 9.21 Å². The quantitative estimate of drug-likeness (QED) is 0.685. The molecule has 0 unspecified atom stereocenters. The van der Waals surface area contributed by atoms with Crippen LogP contribution >= 0.6 is 11.3 Å². The molecular formula is C10H8O2S. The maximum atomic E-state index is 11.7. The molecule has 0 saturated heterocycles. The summed E-state index contributed by atoms with van der Waals surface area (Å²) in [5.74, 6) is 0.0428. The van der Waals surface area contributed by atoms with Crippen LogP contribution in [0.4, 0.5) is 0 Å². The van der Waals surface area contributed by atoms with E-state index in [9.17, 15) is 4.79 Å². The number of furan rings is 1. The Morgan fingerprint density at radius 3 is 2.85 bits per heavy atom. The second-order valence-electron chi connectivity index (χ2n) is 2.77. The maximum absolute atomic E-state index is 11.7. The summed E-state index contributed by atoms with van der Waals surface area (Å²) in [4.78, 5) is 12.5. The van der Waals surface area contributed by atoms with Crippen molar-refractivity contribution in [1.82, 2.24) is 0 Å². The van der Waals surface area contributed by atoms with Crippen LogP contribution in [-0.4, -0.2) is 5.78 Å². The van der Waals surface area contributed by atoms with Gasteiger partial charge in [-0.05, 0) is 30.0 Å². The summed E-state index contributed by atoms with van der Waals surface area (Å²) in [5, 5.41) is 1.92. The Morgan fingerprint density at radius 1 is 1.46 bits per heavy atom. The third-order valence-corrected chi connectivity index (χ3v) is 2.87. The van der Waals surface area contributed by atoms with Crippen molar-refractivity contribution >= 4 is 17.1 Å². The van der Waals surface area contributed by atoms with Gasteiger partial charge in [-0.25, -0.2) is 0 Å². The second kappa shape index (κ2) is 3.18. The van der Waals surface area contributed by atoms with Crippen molar-refractivity contribution in [2.24, 2.45) is 0 Å². The van der Waals surface area contributed by atoms with Gasteiger partial charge in [0.15, 0.2) is 0 Å². The van der Waals surface area contributed by atoms with Crippen LogP contribution in [0.25, 0.3) is 0 Å². The minimum atomic E-state index is 0.0428. The van der Waals surface area contributed by atoms with Crippen LogP contribution < -0.4 is 0 Å². The zero-order valence-corrected chi connectivity index (χ0v) is 7.93. The molecule has 0 spiro atoms. The average Bonchev–Trinajstić information content (AvgIpc) is 2.72. The standard InChI is InChI=1S/C10H8O2S/c1-7-3-5-13-10(7)9(11)8-2-4-12-6-8/h2-6H,1H3. The molecule has 0 fully saturated rings. The number of hydrogen-bond acceptors (Lipinski definition) is 3. The van der Waals surface area contributed by atoms with E-state index in [0.717, 1.165) is 10.4 Å². The predicted molar refractivity (Wildman–Crippen MR) is 51.2 cm³/mol. The minimum Gasteiger partial charge on any atom is -0.472 e. The van der Waals surface area contributed by atoms with E-state index >= 15 is 0 Å². The monoisotopic (exact) mass is 192 g/mol. The van der Waals surface area contributed by atoms with E-state index in [2.05, 4.69) is 0 Å². The van der Waals surface area contributed by atoms with E-state index in [0.29, 0.717) is 5.56 Å². The molecule has 0 atom stereocenters. The zero-order chi connectivity index (χ0) is 9.26. The van der Waals surface area contributed by atoms with Crippen molar-refractivity contribution in [3.8, 4) is 0 Å². The highest BCUT2D eigenvalue weighted by molar-refractivity contribution is 7.12. The highest BCUT2D eigenvalue weighted by atomic mass is 32.1. The largest absolute Gasteiger partial charge is 0.472 e. The van der Waals surface area contributed by atoms with Gasteiger partial charge in [-0.3, -0.25) is 4.79 Å². The molecule has 3 heteroatoms. The van der Waals surface area contributed by atoms with E-state index in [-0.39, 0.29) is 5.78 Å². The fourth-order valence-electron chi connectivity index (χ4n) is 1.13. The third-order valence-electron chi connectivity index (χ3n) is 1.85. The lowest BCUT2D eigenvalue weighted by Crippen LogP contribution is -1.97. The first-order chi connectivity index (χ1) is 6.29. The molecule has 13 heavy (non-hydrogen) atoms. The first kappa shape index (κ1) is 8.26. The molecule has 0 aliphatic rings. The van der Waals surface area contributed by atoms with Crippen LogP contribution in [-0.2, 0) is 0 Å². The van der Waals surface area contributed by atoms with Crippen molar-refractivity contribution in [2.75, 3.05) is 0 Å². The first-order valence-corrected chi connectivity index (χ1v) is 4.78. The van der Waals surface area contributed by atoms with Crippen LogP contribution in [0, 0.1) is 6.92 Å². The summed E-state index contributed by atoms with van der Waals surface area (Å²) in [6.07, 6.45) is 2.98. The Hall–Kier alpha value is -1.35. The molecule has 2 aromatic heterocycles. The smallest absolute Gasteiger partial charge is 0.206 e. The number of hydrogen-bond donors (Lipinski definition) is 0. The van der Waals surface area contributed by atoms with Crippen LogP contribution in [0.2, 0.25) is 0 Å². The number of rotatable bonds is 2. The van der Waals surface area contributed by atoms with Gasteiger partial charge >= 0.3 is 0 Å². The summed E-state index contributed by atoms with van der Waals surface area (Å²) in [7, 11) is 0. The van der Waals surface area contributed by atoms with E-state index in [1.165, 1.54) is 23.9 Å². The molecule has 0 bridgehead atoms. The number of carbonyl (C=O) groups excluding carboxylic acids is 1. The molecule has 0 radical (unpaired) electrons. The normalized spacial score (nSPS) is 10.2. The molecular weight excluding hydrogens is 184 g/mol. The van der Waals surface area contributed by atoms with E-state index in [1.807, 2.05) is 18.4 Å². The molecule has 2 heterocycles. The van der Waals surface area contributed by atoms with Crippen LogP contribution in [0.5, 0.6) is 0 Å². The van der Waals surface area contributed by atoms with Crippen LogP contribution in [0.15, 0.2) is 34.5 Å². The van der Waals surface area contributed by atoms with Crippen molar-refractivity contribution in [2.45, 2.75) is 6.92 Å². The van der Waals surface area contributed by atoms with Gasteiger partial charge in [0.1, 0.15) is 6.26 Å². The van der Waals surface area contributed by atoms with E-state index < -0.39 is 0 Å². The fraction of sp³-hybridized carbons (Fsp3) is 0.100. The lowest BCUT2D eigenvalue weighted by atomic mass is 10.1. The van der Waals surface area contributed by atoms with Crippen molar-refractivity contribution in [3.05, 3.63) is 46.0 Å². The van der Waals surface area contributed by atoms with Gasteiger partial charge in [-0.2, -0.15) is 0 Å². The van der Waals surface area contributed by atoms with Gasteiger partial charge in [0.25, 0.3) is 0 Å². The zero-order valence-electron chi connectivity index (χ0n) is 7.11. The lowest BCUT2D eigenvalue weighted by molar-refractivity contribution is 0.104. The highest BCUT2D eigenvalue weighted by Crippen LogP contribution is 2.19. The van der Waals surface area contributed by atoms with Gasteiger partial charge in [0.05, 0.1) is 16.7 Å². The Labute approximate surface area is 79.8 Å². The number of carbonyl (C=O) groups is 1. The van der Waals surface area contributed by atoms with Gasteiger partial charge in [-0.1, -0.05) is 0 Å². The lowest BCUT2D eigenvalue weighted by Gasteiger charge is -1.93. The fourth-order valence-corrected chi connectivity index (χ4v) is 2.02. The van der Waals surface area contributed by atoms with E-state index in [4.69, 9.17) is 4.42 Å². The van der Waals surface area contributed by atoms with Gasteiger partial charge in [-0.15, -0.1) is 11.3 Å². The summed E-state index contributed by atoms with van der Waals surface area (Å²) in [6.45, 7) is 1.93. The Balaban J connectivity index is 2.39. The molecule has 2 aromatic rings. The molecule has 0 saturated carbocycles. The topological polar surface area (TPSA) is 30.2 Å². The molecule has 2 rings (SSSR count). The van der Waals surface area contributed by atoms with Crippen molar-refractivity contribution in [3.63, 3.8) is 0 Å². The Kier molecular flexibility index (Phi) is 2.02. The Morgan fingerprint density at radius 2 is 2.31 bits per heavy atom. The molecule has 0 aliphatic heterocycles. The number of ketones is 1. The Bertz CT molecular complexity index is 412. The summed E-state index contributed by atoms with van der Waals surface area (Å²) < 4.78 is 4.86. The van der Waals surface area contributed by atoms with Gasteiger partial charge < -0.3 is 4.42 Å². The average molecular weight is 192 g/mol. The predicted octanol–water partition coefficient (Wildman–Crippen LogP) is 2.88. The summed E-state index contributed by atoms with van der Waals surface area (Å²) >= 11 is 1.46. The second-order valence-corrected chi connectivity index (χ2v) is 3.69. The maximum Gasteiger partial charge on any atom is 0.206 e. The molecule has 0 N–H and O–H groups in total. The third kappa shape index (κ3) is 1.42. The van der Waals surface area contributed by atoms with Gasteiger partial charge in [0, 0.05) is 0 Å².